The minimum absolute atomic E-state index is 0.248. The number of carboxylic acid groups (broad SMARTS) is 1. The van der Waals surface area contributed by atoms with Gasteiger partial charge in [-0.2, -0.15) is 0 Å². The monoisotopic (exact) mass is 272 g/mol. The Morgan fingerprint density at radius 3 is 2.30 bits per heavy atom. The minimum Gasteiger partial charge on any atom is -0.491 e. The number of hydrogen-bond donors (Lipinski definition) is 1. The molecule has 0 spiro atoms. The third-order valence-corrected chi connectivity index (χ3v) is 2.71. The van der Waals surface area contributed by atoms with Crippen molar-refractivity contribution in [3.05, 3.63) is 65.7 Å². The molecule has 0 aliphatic heterocycles. The largest absolute Gasteiger partial charge is 0.491 e. The molecule has 2 rings (SSSR count). The first-order valence-corrected chi connectivity index (χ1v) is 6.33. The van der Waals surface area contributed by atoms with E-state index >= 15 is 0 Å². The summed E-state index contributed by atoms with van der Waals surface area (Å²) in [7, 11) is 0. The van der Waals surface area contributed by atoms with Crippen LogP contribution in [0.4, 0.5) is 0 Å². The lowest BCUT2D eigenvalue weighted by Gasteiger charge is -2.07. The van der Waals surface area contributed by atoms with Gasteiger partial charge in [0.05, 0.1) is 18.8 Å². The molecular formula is C16H16O4. The molecule has 0 radical (unpaired) electrons. The maximum atomic E-state index is 10.7. The van der Waals surface area contributed by atoms with Crippen LogP contribution in [-0.2, 0) is 11.3 Å². The molecule has 2 aromatic rings. The Kier molecular flexibility index (Phi) is 5.15. The first kappa shape index (κ1) is 14.1. The summed E-state index contributed by atoms with van der Waals surface area (Å²) in [5, 5.41) is 8.77. The molecule has 0 fully saturated rings. The summed E-state index contributed by atoms with van der Waals surface area (Å²) in [6.07, 6.45) is 0. The van der Waals surface area contributed by atoms with Gasteiger partial charge in [0, 0.05) is 0 Å². The number of aromatic carboxylic acids is 1. The molecule has 0 heterocycles. The van der Waals surface area contributed by atoms with Gasteiger partial charge in [0.15, 0.2) is 0 Å². The van der Waals surface area contributed by atoms with Crippen LogP contribution < -0.4 is 4.74 Å². The van der Waals surface area contributed by atoms with Gasteiger partial charge in [-0.3, -0.25) is 0 Å². The van der Waals surface area contributed by atoms with E-state index in [9.17, 15) is 4.79 Å². The third kappa shape index (κ3) is 4.40. The Labute approximate surface area is 117 Å². The van der Waals surface area contributed by atoms with Gasteiger partial charge in [-0.25, -0.2) is 4.79 Å². The van der Waals surface area contributed by atoms with Gasteiger partial charge in [0.25, 0.3) is 0 Å². The Morgan fingerprint density at radius 2 is 1.65 bits per heavy atom. The van der Waals surface area contributed by atoms with Crippen molar-refractivity contribution in [1.29, 1.82) is 0 Å². The van der Waals surface area contributed by atoms with Gasteiger partial charge in [0.1, 0.15) is 12.4 Å². The zero-order valence-electron chi connectivity index (χ0n) is 11.0. The van der Waals surface area contributed by atoms with E-state index in [0.717, 1.165) is 5.56 Å². The van der Waals surface area contributed by atoms with E-state index in [1.165, 1.54) is 12.1 Å². The van der Waals surface area contributed by atoms with E-state index in [2.05, 4.69) is 0 Å². The van der Waals surface area contributed by atoms with E-state index in [1.54, 1.807) is 12.1 Å². The number of benzene rings is 2. The van der Waals surface area contributed by atoms with Crippen molar-refractivity contribution in [2.24, 2.45) is 0 Å². The lowest BCUT2D eigenvalue weighted by atomic mass is 10.2. The maximum Gasteiger partial charge on any atom is 0.335 e. The van der Waals surface area contributed by atoms with Gasteiger partial charge >= 0.3 is 5.97 Å². The van der Waals surface area contributed by atoms with Crippen LogP contribution in [0.15, 0.2) is 54.6 Å². The van der Waals surface area contributed by atoms with Crippen LogP contribution in [0, 0.1) is 0 Å². The highest BCUT2D eigenvalue weighted by Crippen LogP contribution is 2.12. The van der Waals surface area contributed by atoms with Crippen molar-refractivity contribution in [3.8, 4) is 5.75 Å². The highest BCUT2D eigenvalue weighted by molar-refractivity contribution is 5.87. The van der Waals surface area contributed by atoms with Gasteiger partial charge in [0.2, 0.25) is 0 Å². The second kappa shape index (κ2) is 7.31. The molecule has 2 aromatic carbocycles. The van der Waals surface area contributed by atoms with Crippen LogP contribution in [0.25, 0.3) is 0 Å². The van der Waals surface area contributed by atoms with Crippen LogP contribution >= 0.6 is 0 Å². The predicted molar refractivity (Wildman–Crippen MR) is 75.0 cm³/mol. The lowest BCUT2D eigenvalue weighted by molar-refractivity contribution is 0.0696. The second-order valence-corrected chi connectivity index (χ2v) is 4.22. The van der Waals surface area contributed by atoms with Crippen molar-refractivity contribution < 1.29 is 19.4 Å². The molecule has 4 nitrogen and oxygen atoms in total. The molecule has 1 N–H and O–H groups in total. The van der Waals surface area contributed by atoms with Crippen LogP contribution in [0.2, 0.25) is 0 Å². The highest BCUT2D eigenvalue weighted by atomic mass is 16.5. The van der Waals surface area contributed by atoms with Crippen molar-refractivity contribution in [3.63, 3.8) is 0 Å². The van der Waals surface area contributed by atoms with E-state index in [0.29, 0.717) is 25.6 Å². The fourth-order valence-corrected chi connectivity index (χ4v) is 1.68. The molecule has 0 aliphatic rings. The molecule has 0 atom stereocenters. The smallest absolute Gasteiger partial charge is 0.335 e. The summed E-state index contributed by atoms with van der Waals surface area (Å²) in [5.41, 5.74) is 1.37. The summed E-state index contributed by atoms with van der Waals surface area (Å²) in [6.45, 7) is 1.47. The molecule has 0 bridgehead atoms. The highest BCUT2D eigenvalue weighted by Gasteiger charge is 2.01. The number of carbonyl (C=O) groups is 1. The Morgan fingerprint density at radius 1 is 0.950 bits per heavy atom. The molecule has 0 aromatic heterocycles. The average molecular weight is 272 g/mol. The number of rotatable bonds is 7. The summed E-state index contributed by atoms with van der Waals surface area (Å²) in [5.74, 6) is -0.305. The van der Waals surface area contributed by atoms with Gasteiger partial charge in [-0.15, -0.1) is 0 Å². The summed E-state index contributed by atoms with van der Waals surface area (Å²) in [4.78, 5) is 10.7. The van der Waals surface area contributed by atoms with E-state index in [1.807, 2.05) is 30.3 Å². The molecule has 20 heavy (non-hydrogen) atoms. The first-order chi connectivity index (χ1) is 9.75. The van der Waals surface area contributed by atoms with Crippen molar-refractivity contribution in [1.82, 2.24) is 0 Å². The van der Waals surface area contributed by atoms with Crippen LogP contribution in [0.1, 0.15) is 15.9 Å². The third-order valence-electron chi connectivity index (χ3n) is 2.71. The molecule has 0 unspecified atom stereocenters. The average Bonchev–Trinajstić information content (AvgIpc) is 2.48. The second-order valence-electron chi connectivity index (χ2n) is 4.22. The number of ether oxygens (including phenoxy) is 2. The van der Waals surface area contributed by atoms with Gasteiger partial charge in [-0.1, -0.05) is 30.3 Å². The van der Waals surface area contributed by atoms with E-state index in [-0.39, 0.29) is 5.56 Å². The number of hydrogen-bond acceptors (Lipinski definition) is 3. The molecule has 0 saturated heterocycles. The Balaban J connectivity index is 1.67. The standard InChI is InChI=1S/C16H16O4/c17-16(18)14-6-8-15(9-7-14)20-11-10-19-12-13-4-2-1-3-5-13/h1-9H,10-12H2,(H,17,18). The van der Waals surface area contributed by atoms with Crippen molar-refractivity contribution in [2.45, 2.75) is 6.61 Å². The summed E-state index contributed by atoms with van der Waals surface area (Å²) < 4.78 is 10.9. The Hall–Kier alpha value is -2.33. The quantitative estimate of drug-likeness (QED) is 0.787. The normalized spacial score (nSPS) is 10.2. The van der Waals surface area contributed by atoms with Crippen LogP contribution in [0.3, 0.4) is 0 Å². The zero-order valence-corrected chi connectivity index (χ0v) is 11.0. The van der Waals surface area contributed by atoms with Gasteiger partial charge in [-0.05, 0) is 29.8 Å². The molecular weight excluding hydrogens is 256 g/mol. The van der Waals surface area contributed by atoms with E-state index in [4.69, 9.17) is 14.6 Å². The first-order valence-electron chi connectivity index (χ1n) is 6.33. The lowest BCUT2D eigenvalue weighted by Crippen LogP contribution is -2.06. The zero-order chi connectivity index (χ0) is 14.2. The molecule has 4 heteroatoms. The molecule has 104 valence electrons. The summed E-state index contributed by atoms with van der Waals surface area (Å²) >= 11 is 0. The minimum atomic E-state index is -0.942. The fraction of sp³-hybridized carbons (Fsp3) is 0.188. The van der Waals surface area contributed by atoms with E-state index < -0.39 is 5.97 Å². The van der Waals surface area contributed by atoms with Gasteiger partial charge < -0.3 is 14.6 Å². The molecule has 0 amide bonds. The van der Waals surface area contributed by atoms with Crippen molar-refractivity contribution >= 4 is 5.97 Å². The van der Waals surface area contributed by atoms with Crippen LogP contribution in [-0.4, -0.2) is 24.3 Å². The maximum absolute atomic E-state index is 10.7. The summed E-state index contributed by atoms with van der Waals surface area (Å²) in [6, 6.07) is 16.2. The SMILES string of the molecule is O=C(O)c1ccc(OCCOCc2ccccc2)cc1. The molecule has 0 aliphatic carbocycles. The van der Waals surface area contributed by atoms with Crippen molar-refractivity contribution in [2.75, 3.05) is 13.2 Å². The molecule has 0 saturated carbocycles. The van der Waals surface area contributed by atoms with Crippen LogP contribution in [0.5, 0.6) is 5.75 Å². The number of carboxylic acids is 1. The fourth-order valence-electron chi connectivity index (χ4n) is 1.68. The Bertz CT molecular complexity index is 534. The predicted octanol–water partition coefficient (Wildman–Crippen LogP) is 2.98. The topological polar surface area (TPSA) is 55.8 Å².